The molecule has 2 unspecified atom stereocenters. The van der Waals surface area contributed by atoms with E-state index in [2.05, 4.69) is 14.9 Å². The lowest BCUT2D eigenvalue weighted by Crippen LogP contribution is -2.49. The molecule has 1 aliphatic heterocycles. The van der Waals surface area contributed by atoms with Crippen molar-refractivity contribution < 1.29 is 19.4 Å². The van der Waals surface area contributed by atoms with E-state index in [1.54, 1.807) is 6.92 Å². The summed E-state index contributed by atoms with van der Waals surface area (Å²) in [6, 6.07) is -0.552. The van der Waals surface area contributed by atoms with Crippen molar-refractivity contribution in [1.29, 1.82) is 0 Å². The number of ether oxygens (including phenoxy) is 1. The third kappa shape index (κ3) is 2.66. The van der Waals surface area contributed by atoms with E-state index in [4.69, 9.17) is 4.74 Å². The Hall–Kier alpha value is -1.54. The second-order valence-electron chi connectivity index (χ2n) is 5.06. The molecule has 0 aliphatic carbocycles. The lowest BCUT2D eigenvalue weighted by Gasteiger charge is -2.25. The highest BCUT2D eigenvalue weighted by Crippen LogP contribution is 2.29. The molecule has 1 saturated heterocycles. The van der Waals surface area contributed by atoms with Crippen LogP contribution in [0.15, 0.2) is 0 Å². The molecule has 8 heteroatoms. The summed E-state index contributed by atoms with van der Waals surface area (Å²) in [7, 11) is 0. The zero-order valence-corrected chi connectivity index (χ0v) is 12.2. The van der Waals surface area contributed by atoms with Crippen LogP contribution in [0.2, 0.25) is 0 Å². The number of carbonyl (C=O) groups excluding carboxylic acids is 1. The van der Waals surface area contributed by atoms with Crippen LogP contribution in [-0.2, 0) is 16.0 Å². The van der Waals surface area contributed by atoms with Crippen molar-refractivity contribution in [3.63, 3.8) is 0 Å². The van der Waals surface area contributed by atoms with Crippen molar-refractivity contribution >= 4 is 23.4 Å². The monoisotopic (exact) mass is 299 g/mol. The standard InChI is InChI=1S/C12H17N3O4S/c1-3-4-7-9(20-15-14-7)10(16)13-8-5-19-6-12(8,2)11(17)18/h8H,3-6H2,1-2H3,(H,13,16)(H,17,18). The van der Waals surface area contributed by atoms with Gasteiger partial charge in [-0.2, -0.15) is 0 Å². The van der Waals surface area contributed by atoms with Crippen LogP contribution in [0.5, 0.6) is 0 Å². The molecule has 0 saturated carbocycles. The number of carbonyl (C=O) groups is 2. The summed E-state index contributed by atoms with van der Waals surface area (Å²) in [4.78, 5) is 24.0. The summed E-state index contributed by atoms with van der Waals surface area (Å²) in [5, 5.41) is 15.9. The molecule has 2 rings (SSSR count). The molecule has 1 fully saturated rings. The van der Waals surface area contributed by atoms with Gasteiger partial charge in [-0.15, -0.1) is 5.10 Å². The highest BCUT2D eigenvalue weighted by molar-refractivity contribution is 7.08. The molecule has 1 aromatic rings. The van der Waals surface area contributed by atoms with Crippen molar-refractivity contribution in [1.82, 2.24) is 14.9 Å². The average molecular weight is 299 g/mol. The van der Waals surface area contributed by atoms with Gasteiger partial charge in [-0.25, -0.2) is 0 Å². The largest absolute Gasteiger partial charge is 0.481 e. The van der Waals surface area contributed by atoms with Gasteiger partial charge < -0.3 is 15.2 Å². The molecular formula is C12H17N3O4S. The number of carboxylic acid groups (broad SMARTS) is 1. The van der Waals surface area contributed by atoms with E-state index in [9.17, 15) is 14.7 Å². The molecule has 2 heterocycles. The van der Waals surface area contributed by atoms with Crippen LogP contribution in [-0.4, -0.2) is 45.8 Å². The van der Waals surface area contributed by atoms with Crippen molar-refractivity contribution in [3.05, 3.63) is 10.6 Å². The molecule has 20 heavy (non-hydrogen) atoms. The lowest BCUT2D eigenvalue weighted by atomic mass is 9.85. The van der Waals surface area contributed by atoms with Crippen LogP contribution in [0.4, 0.5) is 0 Å². The lowest BCUT2D eigenvalue weighted by molar-refractivity contribution is -0.148. The minimum absolute atomic E-state index is 0.0933. The molecular weight excluding hydrogens is 282 g/mol. The topological polar surface area (TPSA) is 101 Å². The molecule has 0 spiro atoms. The number of aryl methyl sites for hydroxylation is 1. The molecule has 1 aromatic heterocycles. The minimum Gasteiger partial charge on any atom is -0.481 e. The smallest absolute Gasteiger partial charge is 0.313 e. The number of rotatable bonds is 5. The fraction of sp³-hybridized carbons (Fsp3) is 0.667. The van der Waals surface area contributed by atoms with E-state index in [0.717, 1.165) is 18.0 Å². The fourth-order valence-electron chi connectivity index (χ4n) is 2.09. The molecule has 1 aliphatic rings. The summed E-state index contributed by atoms with van der Waals surface area (Å²) < 4.78 is 9.00. The minimum atomic E-state index is -1.10. The number of nitrogens with zero attached hydrogens (tertiary/aromatic N) is 2. The fourth-order valence-corrected chi connectivity index (χ4v) is 2.70. The molecule has 1 amide bonds. The number of carboxylic acids is 1. The Kier molecular flexibility index (Phi) is 4.34. The number of aliphatic carboxylic acids is 1. The number of aromatic nitrogens is 2. The van der Waals surface area contributed by atoms with E-state index >= 15 is 0 Å². The summed E-state index contributed by atoms with van der Waals surface area (Å²) in [6.45, 7) is 3.86. The number of amides is 1. The summed E-state index contributed by atoms with van der Waals surface area (Å²) >= 11 is 1.03. The number of hydrogen-bond acceptors (Lipinski definition) is 6. The van der Waals surface area contributed by atoms with Gasteiger partial charge in [0.25, 0.3) is 5.91 Å². The zero-order chi connectivity index (χ0) is 14.8. The number of hydrogen-bond donors (Lipinski definition) is 2. The Morgan fingerprint density at radius 2 is 2.35 bits per heavy atom. The maximum Gasteiger partial charge on any atom is 0.313 e. The molecule has 7 nitrogen and oxygen atoms in total. The van der Waals surface area contributed by atoms with Gasteiger partial charge in [0.1, 0.15) is 10.3 Å². The van der Waals surface area contributed by atoms with Crippen LogP contribution in [0, 0.1) is 5.41 Å². The maximum absolute atomic E-state index is 12.2. The molecule has 110 valence electrons. The first kappa shape index (κ1) is 14.9. The van der Waals surface area contributed by atoms with E-state index in [-0.39, 0.29) is 19.1 Å². The summed E-state index contributed by atoms with van der Waals surface area (Å²) in [5.41, 5.74) is -0.440. The zero-order valence-electron chi connectivity index (χ0n) is 11.4. The first-order valence-electron chi connectivity index (χ1n) is 6.42. The van der Waals surface area contributed by atoms with Gasteiger partial charge in [0.2, 0.25) is 0 Å². The Labute approximate surface area is 120 Å². The third-order valence-corrected chi connectivity index (χ3v) is 4.27. The SMILES string of the molecule is CCCc1nnsc1C(=O)NC1COCC1(C)C(=O)O. The first-order valence-corrected chi connectivity index (χ1v) is 7.19. The van der Waals surface area contributed by atoms with Crippen molar-refractivity contribution in [2.75, 3.05) is 13.2 Å². The number of nitrogens with one attached hydrogen (secondary N) is 1. The second kappa shape index (κ2) is 5.84. The molecule has 2 atom stereocenters. The summed E-state index contributed by atoms with van der Waals surface area (Å²) in [6.07, 6.45) is 1.54. The quantitative estimate of drug-likeness (QED) is 0.830. The van der Waals surface area contributed by atoms with Crippen molar-refractivity contribution in [2.24, 2.45) is 5.41 Å². The Morgan fingerprint density at radius 3 is 3.00 bits per heavy atom. The van der Waals surface area contributed by atoms with Crippen LogP contribution in [0.25, 0.3) is 0 Å². The average Bonchev–Trinajstić information content (AvgIpc) is 2.98. The van der Waals surface area contributed by atoms with E-state index in [1.165, 1.54) is 0 Å². The van der Waals surface area contributed by atoms with E-state index < -0.39 is 17.4 Å². The van der Waals surface area contributed by atoms with Gasteiger partial charge in [-0.1, -0.05) is 17.8 Å². The van der Waals surface area contributed by atoms with Gasteiger partial charge in [-0.3, -0.25) is 9.59 Å². The third-order valence-electron chi connectivity index (χ3n) is 3.50. The maximum atomic E-state index is 12.2. The predicted molar refractivity (Wildman–Crippen MR) is 71.7 cm³/mol. The first-order chi connectivity index (χ1) is 9.49. The Morgan fingerprint density at radius 1 is 1.60 bits per heavy atom. The molecule has 0 radical (unpaired) electrons. The molecule has 0 bridgehead atoms. The highest BCUT2D eigenvalue weighted by atomic mass is 32.1. The second-order valence-corrected chi connectivity index (χ2v) is 5.82. The van der Waals surface area contributed by atoms with Crippen LogP contribution < -0.4 is 5.32 Å². The predicted octanol–water partition coefficient (Wildman–Crippen LogP) is 0.710. The van der Waals surface area contributed by atoms with Crippen molar-refractivity contribution in [3.8, 4) is 0 Å². The Bertz CT molecular complexity index is 519. The normalized spacial score (nSPS) is 25.6. The highest BCUT2D eigenvalue weighted by Gasteiger charge is 2.47. The van der Waals surface area contributed by atoms with Gasteiger partial charge in [0.05, 0.1) is 24.9 Å². The van der Waals surface area contributed by atoms with Gasteiger partial charge in [-0.05, 0) is 24.9 Å². The van der Waals surface area contributed by atoms with Gasteiger partial charge in [0.15, 0.2) is 0 Å². The summed E-state index contributed by atoms with van der Waals surface area (Å²) in [5.74, 6) is -1.30. The van der Waals surface area contributed by atoms with E-state index in [0.29, 0.717) is 17.0 Å². The van der Waals surface area contributed by atoms with Crippen LogP contribution in [0.1, 0.15) is 35.6 Å². The molecule has 0 aromatic carbocycles. The Balaban J connectivity index is 2.11. The van der Waals surface area contributed by atoms with Crippen LogP contribution in [0.3, 0.4) is 0 Å². The van der Waals surface area contributed by atoms with E-state index in [1.807, 2.05) is 6.92 Å². The van der Waals surface area contributed by atoms with Gasteiger partial charge >= 0.3 is 5.97 Å². The van der Waals surface area contributed by atoms with Crippen LogP contribution >= 0.6 is 11.5 Å². The van der Waals surface area contributed by atoms with Gasteiger partial charge in [0, 0.05) is 0 Å². The van der Waals surface area contributed by atoms with Crippen molar-refractivity contribution in [2.45, 2.75) is 32.7 Å². The molecule has 2 N–H and O–H groups in total.